The van der Waals surface area contributed by atoms with Gasteiger partial charge in [-0.15, -0.1) is 0 Å². The highest BCUT2D eigenvalue weighted by Crippen LogP contribution is 2.38. The quantitative estimate of drug-likeness (QED) is 0.692. The first kappa shape index (κ1) is 13.3. The van der Waals surface area contributed by atoms with Crippen molar-refractivity contribution in [2.45, 2.75) is 44.6 Å². The summed E-state index contributed by atoms with van der Waals surface area (Å²) in [4.78, 5) is 23.3. The van der Waals surface area contributed by atoms with Crippen molar-refractivity contribution in [3.8, 4) is 0 Å². The van der Waals surface area contributed by atoms with Gasteiger partial charge in [0, 0.05) is 0 Å². The number of carboxylic acids is 1. The highest BCUT2D eigenvalue weighted by molar-refractivity contribution is 5.85. The highest BCUT2D eigenvalue weighted by atomic mass is 16.4. The lowest BCUT2D eigenvalue weighted by molar-refractivity contribution is -0.147. The standard InChI is InChI=1S/C13H21NO4/c1-8-5-9(10(6-8)12(17)18)11(16)14-13(7-15)3-2-4-13/h8-10,15H,2-7H2,1H3,(H,14,16)(H,17,18)/t8?,9-,10+/m0/s1. The Balaban J connectivity index is 2.01. The molecular formula is C13H21NO4. The smallest absolute Gasteiger partial charge is 0.307 e. The molecule has 0 bridgehead atoms. The Morgan fingerprint density at radius 1 is 1.28 bits per heavy atom. The summed E-state index contributed by atoms with van der Waals surface area (Å²) >= 11 is 0. The molecule has 2 fully saturated rings. The number of aliphatic hydroxyl groups is 1. The third-order valence-corrected chi connectivity index (χ3v) is 4.45. The van der Waals surface area contributed by atoms with Crippen molar-refractivity contribution in [2.24, 2.45) is 17.8 Å². The molecule has 0 spiro atoms. The van der Waals surface area contributed by atoms with E-state index in [1.807, 2.05) is 6.92 Å². The monoisotopic (exact) mass is 255 g/mol. The zero-order chi connectivity index (χ0) is 13.3. The van der Waals surface area contributed by atoms with Gasteiger partial charge in [0.15, 0.2) is 0 Å². The fourth-order valence-corrected chi connectivity index (χ4v) is 3.13. The molecule has 2 aliphatic carbocycles. The van der Waals surface area contributed by atoms with Crippen molar-refractivity contribution in [1.82, 2.24) is 5.32 Å². The molecule has 3 N–H and O–H groups in total. The first-order valence-electron chi connectivity index (χ1n) is 6.63. The Morgan fingerprint density at radius 3 is 2.33 bits per heavy atom. The molecule has 102 valence electrons. The molecule has 0 heterocycles. The molecule has 0 aliphatic heterocycles. The molecule has 0 radical (unpaired) electrons. The minimum absolute atomic E-state index is 0.0568. The van der Waals surface area contributed by atoms with E-state index in [2.05, 4.69) is 5.32 Å². The second-order valence-corrected chi connectivity index (χ2v) is 5.91. The second-order valence-electron chi connectivity index (χ2n) is 5.91. The number of carbonyl (C=O) groups excluding carboxylic acids is 1. The van der Waals surface area contributed by atoms with Crippen molar-refractivity contribution in [1.29, 1.82) is 0 Å². The van der Waals surface area contributed by atoms with Crippen LogP contribution in [0.5, 0.6) is 0 Å². The van der Waals surface area contributed by atoms with Gasteiger partial charge >= 0.3 is 5.97 Å². The van der Waals surface area contributed by atoms with E-state index in [9.17, 15) is 14.7 Å². The third-order valence-electron chi connectivity index (χ3n) is 4.45. The van der Waals surface area contributed by atoms with Gasteiger partial charge < -0.3 is 15.5 Å². The van der Waals surface area contributed by atoms with Gasteiger partial charge in [0.2, 0.25) is 5.91 Å². The molecule has 0 aromatic carbocycles. The normalized spacial score (nSPS) is 33.8. The lowest BCUT2D eigenvalue weighted by Crippen LogP contribution is -2.58. The van der Waals surface area contributed by atoms with E-state index < -0.39 is 23.3 Å². The van der Waals surface area contributed by atoms with Crippen LogP contribution in [0.4, 0.5) is 0 Å². The third kappa shape index (κ3) is 2.36. The number of hydrogen-bond acceptors (Lipinski definition) is 3. The molecule has 0 aromatic heterocycles. The Labute approximate surface area is 107 Å². The van der Waals surface area contributed by atoms with Crippen molar-refractivity contribution < 1.29 is 19.8 Å². The zero-order valence-electron chi connectivity index (χ0n) is 10.7. The van der Waals surface area contributed by atoms with Crippen LogP contribution in [0.15, 0.2) is 0 Å². The Hall–Kier alpha value is -1.10. The van der Waals surface area contributed by atoms with Gasteiger partial charge in [-0.05, 0) is 38.0 Å². The molecule has 18 heavy (non-hydrogen) atoms. The van der Waals surface area contributed by atoms with Gasteiger partial charge in [0.05, 0.1) is 24.0 Å². The van der Waals surface area contributed by atoms with Crippen molar-refractivity contribution in [3.63, 3.8) is 0 Å². The van der Waals surface area contributed by atoms with E-state index in [0.29, 0.717) is 12.8 Å². The zero-order valence-corrected chi connectivity index (χ0v) is 10.7. The first-order valence-corrected chi connectivity index (χ1v) is 6.63. The van der Waals surface area contributed by atoms with Gasteiger partial charge in [-0.1, -0.05) is 6.92 Å². The molecular weight excluding hydrogens is 234 g/mol. The van der Waals surface area contributed by atoms with E-state index in [4.69, 9.17) is 5.11 Å². The molecule has 3 atom stereocenters. The SMILES string of the molecule is CC1C[C@H](C(=O)NC2(CO)CCC2)[C@H](C(=O)O)C1. The van der Waals surface area contributed by atoms with Crippen LogP contribution in [-0.2, 0) is 9.59 Å². The number of amides is 1. The Bertz CT molecular complexity index is 345. The highest BCUT2D eigenvalue weighted by Gasteiger charge is 2.45. The van der Waals surface area contributed by atoms with Crippen LogP contribution in [0.2, 0.25) is 0 Å². The fourth-order valence-electron chi connectivity index (χ4n) is 3.13. The molecule has 2 saturated carbocycles. The lowest BCUT2D eigenvalue weighted by atomic mass is 9.77. The first-order chi connectivity index (χ1) is 8.47. The van der Waals surface area contributed by atoms with Crippen LogP contribution in [0.25, 0.3) is 0 Å². The van der Waals surface area contributed by atoms with Crippen molar-refractivity contribution in [2.75, 3.05) is 6.61 Å². The predicted molar refractivity (Wildman–Crippen MR) is 64.8 cm³/mol. The van der Waals surface area contributed by atoms with Crippen LogP contribution in [0.3, 0.4) is 0 Å². The summed E-state index contributed by atoms with van der Waals surface area (Å²) in [5, 5.41) is 21.3. The van der Waals surface area contributed by atoms with Crippen LogP contribution >= 0.6 is 0 Å². The average Bonchev–Trinajstić information content (AvgIpc) is 2.66. The summed E-state index contributed by atoms with van der Waals surface area (Å²) in [6, 6.07) is 0. The molecule has 2 aliphatic rings. The summed E-state index contributed by atoms with van der Waals surface area (Å²) in [5.41, 5.74) is -0.480. The molecule has 1 amide bonds. The summed E-state index contributed by atoms with van der Waals surface area (Å²) in [6.45, 7) is 1.92. The summed E-state index contributed by atoms with van der Waals surface area (Å²) in [5.74, 6) is -1.82. The largest absolute Gasteiger partial charge is 0.481 e. The number of nitrogens with one attached hydrogen (secondary N) is 1. The molecule has 0 aromatic rings. The maximum Gasteiger partial charge on any atom is 0.307 e. The van der Waals surface area contributed by atoms with Gasteiger partial charge in [0.25, 0.3) is 0 Å². The Morgan fingerprint density at radius 2 is 1.89 bits per heavy atom. The number of hydrogen-bond donors (Lipinski definition) is 3. The van der Waals surface area contributed by atoms with E-state index >= 15 is 0 Å². The minimum atomic E-state index is -0.883. The van der Waals surface area contributed by atoms with Crippen LogP contribution in [0, 0.1) is 17.8 Å². The van der Waals surface area contributed by atoms with Gasteiger partial charge in [-0.25, -0.2) is 0 Å². The topological polar surface area (TPSA) is 86.6 Å². The van der Waals surface area contributed by atoms with Crippen molar-refractivity contribution in [3.05, 3.63) is 0 Å². The van der Waals surface area contributed by atoms with Gasteiger partial charge in [-0.2, -0.15) is 0 Å². The molecule has 5 heteroatoms. The van der Waals surface area contributed by atoms with Crippen LogP contribution in [0.1, 0.15) is 39.0 Å². The second kappa shape index (κ2) is 4.88. The molecule has 1 unspecified atom stereocenters. The number of carboxylic acid groups (broad SMARTS) is 1. The Kier molecular flexibility index (Phi) is 3.61. The predicted octanol–water partition coefficient (Wildman–Crippen LogP) is 0.764. The number of aliphatic hydroxyl groups excluding tert-OH is 1. The fraction of sp³-hybridized carbons (Fsp3) is 0.846. The van der Waals surface area contributed by atoms with E-state index in [0.717, 1.165) is 19.3 Å². The van der Waals surface area contributed by atoms with Crippen LogP contribution in [-0.4, -0.2) is 34.2 Å². The van der Waals surface area contributed by atoms with Gasteiger partial charge in [-0.3, -0.25) is 9.59 Å². The van der Waals surface area contributed by atoms with Crippen LogP contribution < -0.4 is 5.32 Å². The van der Waals surface area contributed by atoms with E-state index in [-0.39, 0.29) is 18.4 Å². The van der Waals surface area contributed by atoms with Gasteiger partial charge in [0.1, 0.15) is 0 Å². The van der Waals surface area contributed by atoms with E-state index in [1.54, 1.807) is 0 Å². The molecule has 0 saturated heterocycles. The lowest BCUT2D eigenvalue weighted by Gasteiger charge is -2.41. The minimum Gasteiger partial charge on any atom is -0.481 e. The number of rotatable bonds is 4. The number of carbonyl (C=O) groups is 2. The molecule has 5 nitrogen and oxygen atoms in total. The average molecular weight is 255 g/mol. The summed E-state index contributed by atoms with van der Waals surface area (Å²) in [7, 11) is 0. The van der Waals surface area contributed by atoms with Crippen molar-refractivity contribution >= 4 is 11.9 Å². The summed E-state index contributed by atoms with van der Waals surface area (Å²) < 4.78 is 0. The number of aliphatic carboxylic acids is 1. The molecule has 2 rings (SSSR count). The maximum absolute atomic E-state index is 12.2. The maximum atomic E-state index is 12.2. The van der Waals surface area contributed by atoms with E-state index in [1.165, 1.54) is 0 Å². The summed E-state index contributed by atoms with van der Waals surface area (Å²) in [6.07, 6.45) is 3.78.